The summed E-state index contributed by atoms with van der Waals surface area (Å²) in [4.78, 5) is 11.3. The number of rotatable bonds is 5. The van der Waals surface area contributed by atoms with E-state index in [1.165, 1.54) is 4.72 Å². The van der Waals surface area contributed by atoms with Crippen LogP contribution in [0.25, 0.3) is 0 Å². The van der Waals surface area contributed by atoms with E-state index in [1.54, 1.807) is 13.8 Å². The molecule has 0 bridgehead atoms. The molecule has 20 heavy (non-hydrogen) atoms. The zero-order chi connectivity index (χ0) is 15.8. The molecule has 2 N–H and O–H groups in total. The summed E-state index contributed by atoms with van der Waals surface area (Å²) in [5.41, 5.74) is -1.26. The lowest BCUT2D eigenvalue weighted by Crippen LogP contribution is -2.46. The summed E-state index contributed by atoms with van der Waals surface area (Å²) >= 11 is 0. The Kier molecular flexibility index (Phi) is 4.72. The number of hydrogen-bond donors (Lipinski definition) is 2. The molecule has 0 aromatic carbocycles. The number of hydrogen-bond acceptors (Lipinski definition) is 3. The normalized spacial score (nSPS) is 25.3. The van der Waals surface area contributed by atoms with E-state index in [9.17, 15) is 31.5 Å². The third-order valence-corrected chi connectivity index (χ3v) is 5.09. The van der Waals surface area contributed by atoms with Crippen LogP contribution < -0.4 is 4.72 Å². The van der Waals surface area contributed by atoms with E-state index in [1.807, 2.05) is 0 Å². The van der Waals surface area contributed by atoms with Crippen LogP contribution in [0, 0.1) is 11.3 Å². The van der Waals surface area contributed by atoms with E-state index < -0.39 is 34.3 Å². The first kappa shape index (κ1) is 17.2. The van der Waals surface area contributed by atoms with Crippen LogP contribution in [0.3, 0.4) is 0 Å². The van der Waals surface area contributed by atoms with E-state index in [0.29, 0.717) is 0 Å². The van der Waals surface area contributed by atoms with Crippen molar-refractivity contribution < 1.29 is 31.5 Å². The Labute approximate surface area is 115 Å². The highest BCUT2D eigenvalue weighted by Crippen LogP contribution is 2.39. The van der Waals surface area contributed by atoms with Crippen LogP contribution in [0.2, 0.25) is 0 Å². The van der Waals surface area contributed by atoms with Gasteiger partial charge in [0.25, 0.3) is 10.2 Å². The van der Waals surface area contributed by atoms with Gasteiger partial charge in [-0.25, -0.2) is 0 Å². The summed E-state index contributed by atoms with van der Waals surface area (Å²) in [5, 5.41) is 9.25. The standard InChI is InChI=1S/C10H17F3N2O4S/c1-7(2)9(8(16)17)3-4-15(6-9)20(18,19)14-5-10(11,12)13/h7,14H,3-6H2,1-2H3,(H,16,17). The maximum Gasteiger partial charge on any atom is 0.402 e. The van der Waals surface area contributed by atoms with Crippen LogP contribution in [0.1, 0.15) is 20.3 Å². The van der Waals surface area contributed by atoms with Gasteiger partial charge in [0.15, 0.2) is 0 Å². The molecule has 1 aliphatic heterocycles. The molecular formula is C10H17F3N2O4S. The molecule has 0 saturated carbocycles. The van der Waals surface area contributed by atoms with Crippen molar-refractivity contribution in [3.63, 3.8) is 0 Å². The van der Waals surface area contributed by atoms with Gasteiger partial charge in [-0.05, 0) is 12.3 Å². The molecule has 0 amide bonds. The van der Waals surface area contributed by atoms with Crippen molar-refractivity contribution >= 4 is 16.2 Å². The lowest BCUT2D eigenvalue weighted by molar-refractivity contribution is -0.150. The fourth-order valence-corrected chi connectivity index (χ4v) is 3.42. The molecule has 118 valence electrons. The summed E-state index contributed by atoms with van der Waals surface area (Å²) in [5.74, 6) is -1.47. The number of nitrogens with one attached hydrogen (secondary N) is 1. The van der Waals surface area contributed by atoms with E-state index >= 15 is 0 Å². The first-order valence-electron chi connectivity index (χ1n) is 5.95. The quantitative estimate of drug-likeness (QED) is 0.785. The lowest BCUT2D eigenvalue weighted by atomic mass is 9.77. The SMILES string of the molecule is CC(C)C1(C(=O)O)CCN(S(=O)(=O)NCC(F)(F)F)C1. The summed E-state index contributed by atoms with van der Waals surface area (Å²) in [6, 6.07) is 0. The lowest BCUT2D eigenvalue weighted by Gasteiger charge is -2.28. The van der Waals surface area contributed by atoms with Crippen LogP contribution in [0.5, 0.6) is 0 Å². The van der Waals surface area contributed by atoms with Crippen LogP contribution in [0.15, 0.2) is 0 Å². The van der Waals surface area contributed by atoms with Gasteiger partial charge in [0, 0.05) is 13.1 Å². The second-order valence-corrected chi connectivity index (χ2v) is 6.90. The Bertz CT molecular complexity index is 477. The highest BCUT2D eigenvalue weighted by atomic mass is 32.2. The molecule has 1 atom stereocenters. The Morgan fingerprint density at radius 3 is 2.35 bits per heavy atom. The molecule has 1 fully saturated rings. The number of carboxylic acids is 1. The predicted molar refractivity (Wildman–Crippen MR) is 64.1 cm³/mol. The fourth-order valence-electron chi connectivity index (χ4n) is 2.16. The van der Waals surface area contributed by atoms with E-state index in [4.69, 9.17) is 0 Å². The minimum Gasteiger partial charge on any atom is -0.481 e. The number of alkyl halides is 3. The Balaban J connectivity index is 2.83. The highest BCUT2D eigenvalue weighted by Gasteiger charge is 2.50. The van der Waals surface area contributed by atoms with Gasteiger partial charge in [-0.1, -0.05) is 13.8 Å². The average molecular weight is 318 g/mol. The highest BCUT2D eigenvalue weighted by molar-refractivity contribution is 7.87. The maximum atomic E-state index is 12.0. The molecule has 0 aromatic rings. The number of carboxylic acid groups (broad SMARTS) is 1. The average Bonchev–Trinajstić information content (AvgIpc) is 2.72. The molecule has 10 heteroatoms. The van der Waals surface area contributed by atoms with Gasteiger partial charge in [0.1, 0.15) is 6.54 Å². The molecule has 1 aliphatic rings. The Morgan fingerprint density at radius 1 is 1.45 bits per heavy atom. The van der Waals surface area contributed by atoms with Crippen molar-refractivity contribution in [2.75, 3.05) is 19.6 Å². The maximum absolute atomic E-state index is 12.0. The minimum atomic E-state index is -4.66. The van der Waals surface area contributed by atoms with Crippen molar-refractivity contribution in [2.45, 2.75) is 26.4 Å². The van der Waals surface area contributed by atoms with Gasteiger partial charge < -0.3 is 5.11 Å². The van der Waals surface area contributed by atoms with Crippen molar-refractivity contribution in [3.05, 3.63) is 0 Å². The van der Waals surface area contributed by atoms with Crippen molar-refractivity contribution in [2.24, 2.45) is 11.3 Å². The Morgan fingerprint density at radius 2 is 2.00 bits per heavy atom. The molecule has 0 radical (unpaired) electrons. The van der Waals surface area contributed by atoms with Crippen molar-refractivity contribution in [1.29, 1.82) is 0 Å². The Hall–Kier alpha value is -0.870. The third-order valence-electron chi connectivity index (χ3n) is 3.59. The summed E-state index contributed by atoms with van der Waals surface area (Å²) < 4.78 is 61.8. The van der Waals surface area contributed by atoms with Crippen LogP contribution in [-0.4, -0.2) is 49.6 Å². The zero-order valence-corrected chi connectivity index (χ0v) is 11.9. The molecule has 1 rings (SSSR count). The topological polar surface area (TPSA) is 86.7 Å². The van der Waals surface area contributed by atoms with E-state index in [2.05, 4.69) is 0 Å². The molecule has 0 aromatic heterocycles. The van der Waals surface area contributed by atoms with Gasteiger partial charge in [-0.15, -0.1) is 0 Å². The molecule has 1 heterocycles. The van der Waals surface area contributed by atoms with Crippen LogP contribution in [-0.2, 0) is 15.0 Å². The fraction of sp³-hybridized carbons (Fsp3) is 0.900. The van der Waals surface area contributed by atoms with Crippen LogP contribution >= 0.6 is 0 Å². The number of carbonyl (C=O) groups is 1. The van der Waals surface area contributed by atoms with Crippen LogP contribution in [0.4, 0.5) is 13.2 Å². The van der Waals surface area contributed by atoms with Gasteiger partial charge >= 0.3 is 12.1 Å². The molecular weight excluding hydrogens is 301 g/mol. The van der Waals surface area contributed by atoms with E-state index in [0.717, 1.165) is 4.31 Å². The molecule has 1 unspecified atom stereocenters. The van der Waals surface area contributed by atoms with Crippen molar-refractivity contribution in [3.8, 4) is 0 Å². The summed E-state index contributed by atoms with van der Waals surface area (Å²) in [7, 11) is -4.33. The van der Waals surface area contributed by atoms with Gasteiger partial charge in [-0.3, -0.25) is 4.79 Å². The van der Waals surface area contributed by atoms with E-state index in [-0.39, 0.29) is 25.4 Å². The first-order chi connectivity index (χ1) is 8.91. The monoisotopic (exact) mass is 318 g/mol. The van der Waals surface area contributed by atoms with Gasteiger partial charge in [0.05, 0.1) is 5.41 Å². The molecule has 1 saturated heterocycles. The predicted octanol–water partition coefficient (Wildman–Crippen LogP) is 0.816. The minimum absolute atomic E-state index is 0.0763. The summed E-state index contributed by atoms with van der Waals surface area (Å²) in [6.45, 7) is 1.18. The number of halogens is 3. The molecule has 0 spiro atoms. The second-order valence-electron chi connectivity index (χ2n) is 5.14. The zero-order valence-electron chi connectivity index (χ0n) is 11.1. The van der Waals surface area contributed by atoms with Gasteiger partial charge in [0.2, 0.25) is 0 Å². The smallest absolute Gasteiger partial charge is 0.402 e. The molecule has 0 aliphatic carbocycles. The van der Waals surface area contributed by atoms with Crippen molar-refractivity contribution in [1.82, 2.24) is 9.03 Å². The third kappa shape index (κ3) is 3.61. The largest absolute Gasteiger partial charge is 0.481 e. The molecule has 6 nitrogen and oxygen atoms in total. The number of nitrogens with zero attached hydrogens (tertiary/aromatic N) is 1. The first-order valence-corrected chi connectivity index (χ1v) is 7.39. The van der Waals surface area contributed by atoms with Gasteiger partial charge in [-0.2, -0.15) is 30.6 Å². The number of aliphatic carboxylic acids is 1. The second kappa shape index (κ2) is 5.49. The summed E-state index contributed by atoms with van der Waals surface area (Å²) in [6.07, 6.45) is -4.58.